The fourth-order valence-corrected chi connectivity index (χ4v) is 2.61. The van der Waals surface area contributed by atoms with E-state index in [0.29, 0.717) is 6.01 Å². The van der Waals surface area contributed by atoms with Crippen molar-refractivity contribution in [3.8, 4) is 11.3 Å². The highest BCUT2D eigenvalue weighted by atomic mass is 16.4. The Hall–Kier alpha value is -2.82. The average molecular weight is 292 g/mol. The van der Waals surface area contributed by atoms with Crippen LogP contribution in [0, 0.1) is 6.92 Å². The zero-order valence-corrected chi connectivity index (χ0v) is 12.5. The molecule has 1 aromatic carbocycles. The van der Waals surface area contributed by atoms with E-state index in [1.54, 1.807) is 0 Å². The van der Waals surface area contributed by atoms with E-state index in [2.05, 4.69) is 23.3 Å². The molecule has 0 bridgehead atoms. The molecule has 1 N–H and O–H groups in total. The second-order valence-corrected chi connectivity index (χ2v) is 5.28. The maximum atomic E-state index is 5.63. The van der Waals surface area contributed by atoms with Crippen LogP contribution in [-0.4, -0.2) is 20.9 Å². The molecule has 0 saturated heterocycles. The standard InChI is InChI=1S/C17H16N4O/c1-3-18-17-20-13-9-12(6-7-15(13)22-17)14-10-21-8-4-5-11(2)16(21)19-14/h4-10H,3H2,1-2H3,(H,18,20). The van der Waals surface area contributed by atoms with E-state index in [1.807, 2.05) is 48.0 Å². The van der Waals surface area contributed by atoms with Crippen LogP contribution < -0.4 is 5.32 Å². The van der Waals surface area contributed by atoms with Crippen molar-refractivity contribution in [2.24, 2.45) is 0 Å². The van der Waals surface area contributed by atoms with E-state index in [9.17, 15) is 0 Å². The summed E-state index contributed by atoms with van der Waals surface area (Å²) in [5, 5.41) is 3.09. The number of anilines is 1. The first-order valence-corrected chi connectivity index (χ1v) is 7.34. The Kier molecular flexibility index (Phi) is 2.85. The first-order chi connectivity index (χ1) is 10.7. The van der Waals surface area contributed by atoms with Crippen molar-refractivity contribution in [2.75, 3.05) is 11.9 Å². The maximum Gasteiger partial charge on any atom is 0.295 e. The Morgan fingerprint density at radius 2 is 2.14 bits per heavy atom. The van der Waals surface area contributed by atoms with Gasteiger partial charge in [-0.15, -0.1) is 0 Å². The van der Waals surface area contributed by atoms with E-state index in [4.69, 9.17) is 9.40 Å². The summed E-state index contributed by atoms with van der Waals surface area (Å²) in [6, 6.07) is 10.6. The van der Waals surface area contributed by atoms with Crippen molar-refractivity contribution in [1.82, 2.24) is 14.4 Å². The van der Waals surface area contributed by atoms with E-state index in [1.165, 1.54) is 0 Å². The largest absolute Gasteiger partial charge is 0.424 e. The molecule has 3 aromatic heterocycles. The number of aromatic nitrogens is 3. The van der Waals surface area contributed by atoms with Gasteiger partial charge >= 0.3 is 0 Å². The molecule has 110 valence electrons. The van der Waals surface area contributed by atoms with Gasteiger partial charge in [-0.2, -0.15) is 4.98 Å². The van der Waals surface area contributed by atoms with Crippen LogP contribution in [0.15, 0.2) is 47.1 Å². The van der Waals surface area contributed by atoms with Crippen molar-refractivity contribution < 1.29 is 4.42 Å². The maximum absolute atomic E-state index is 5.63. The van der Waals surface area contributed by atoms with E-state index in [0.717, 1.165) is 40.1 Å². The summed E-state index contributed by atoms with van der Waals surface area (Å²) in [7, 11) is 0. The predicted octanol–water partition coefficient (Wildman–Crippen LogP) is 3.88. The molecule has 0 saturated carbocycles. The molecule has 5 nitrogen and oxygen atoms in total. The minimum atomic E-state index is 0.556. The van der Waals surface area contributed by atoms with E-state index < -0.39 is 0 Å². The molecule has 0 fully saturated rings. The lowest BCUT2D eigenvalue weighted by atomic mass is 10.1. The Labute approximate surface area is 127 Å². The van der Waals surface area contributed by atoms with Gasteiger partial charge in [-0.1, -0.05) is 6.07 Å². The average Bonchev–Trinajstić information content (AvgIpc) is 3.10. The van der Waals surface area contributed by atoms with Gasteiger partial charge in [0.2, 0.25) is 0 Å². The van der Waals surface area contributed by atoms with Crippen LogP contribution in [0.4, 0.5) is 6.01 Å². The molecule has 0 aliphatic heterocycles. The molecule has 5 heteroatoms. The van der Waals surface area contributed by atoms with Gasteiger partial charge in [0, 0.05) is 24.5 Å². The molecule has 0 aliphatic rings. The number of hydrogen-bond acceptors (Lipinski definition) is 4. The number of aryl methyl sites for hydroxylation is 1. The third kappa shape index (κ3) is 2.02. The molecule has 4 aromatic rings. The SMILES string of the molecule is CCNc1nc2cc(-c3cn4cccc(C)c4n3)ccc2o1. The van der Waals surface area contributed by atoms with Crippen LogP contribution >= 0.6 is 0 Å². The number of pyridine rings is 1. The van der Waals surface area contributed by atoms with Gasteiger partial charge in [0.05, 0.1) is 5.69 Å². The number of fused-ring (bicyclic) bond motifs is 2. The summed E-state index contributed by atoms with van der Waals surface area (Å²) in [6.45, 7) is 4.86. The number of nitrogens with zero attached hydrogens (tertiary/aromatic N) is 3. The topological polar surface area (TPSA) is 55.4 Å². The van der Waals surface area contributed by atoms with Gasteiger partial charge in [0.1, 0.15) is 11.2 Å². The Morgan fingerprint density at radius 1 is 1.23 bits per heavy atom. The van der Waals surface area contributed by atoms with Crippen LogP contribution in [0.3, 0.4) is 0 Å². The summed E-state index contributed by atoms with van der Waals surface area (Å²) in [5.41, 5.74) is 5.72. The molecule has 3 heterocycles. The van der Waals surface area contributed by atoms with Gasteiger partial charge < -0.3 is 14.1 Å². The minimum absolute atomic E-state index is 0.556. The summed E-state index contributed by atoms with van der Waals surface area (Å²) in [5.74, 6) is 0. The van der Waals surface area contributed by atoms with Crippen LogP contribution in [0.2, 0.25) is 0 Å². The Balaban J connectivity index is 1.83. The highest BCUT2D eigenvalue weighted by molar-refractivity contribution is 5.81. The van der Waals surface area contributed by atoms with Crippen LogP contribution in [-0.2, 0) is 0 Å². The first kappa shape index (κ1) is 12.9. The van der Waals surface area contributed by atoms with Gasteiger partial charge in [-0.05, 0) is 43.7 Å². The molecule has 4 rings (SSSR count). The molecular weight excluding hydrogens is 276 g/mol. The summed E-state index contributed by atoms with van der Waals surface area (Å²) in [6.07, 6.45) is 4.05. The number of hydrogen-bond donors (Lipinski definition) is 1. The quantitative estimate of drug-likeness (QED) is 0.622. The molecule has 0 amide bonds. The minimum Gasteiger partial charge on any atom is -0.424 e. The molecule has 22 heavy (non-hydrogen) atoms. The lowest BCUT2D eigenvalue weighted by Crippen LogP contribution is -1.95. The van der Waals surface area contributed by atoms with E-state index >= 15 is 0 Å². The van der Waals surface area contributed by atoms with Gasteiger partial charge in [0.15, 0.2) is 5.58 Å². The smallest absolute Gasteiger partial charge is 0.295 e. The van der Waals surface area contributed by atoms with Crippen molar-refractivity contribution >= 4 is 22.8 Å². The molecule has 0 aliphatic carbocycles. The summed E-state index contributed by atoms with van der Waals surface area (Å²) < 4.78 is 7.67. The van der Waals surface area contributed by atoms with Crippen molar-refractivity contribution in [3.63, 3.8) is 0 Å². The lowest BCUT2D eigenvalue weighted by molar-refractivity contribution is 0.616. The third-order valence-electron chi connectivity index (χ3n) is 3.69. The van der Waals surface area contributed by atoms with Crippen LogP contribution in [0.25, 0.3) is 28.0 Å². The van der Waals surface area contributed by atoms with Gasteiger partial charge in [-0.25, -0.2) is 4.98 Å². The van der Waals surface area contributed by atoms with Crippen LogP contribution in [0.5, 0.6) is 0 Å². The molecule has 0 atom stereocenters. The summed E-state index contributed by atoms with van der Waals surface area (Å²) >= 11 is 0. The zero-order valence-electron chi connectivity index (χ0n) is 12.5. The second-order valence-electron chi connectivity index (χ2n) is 5.28. The lowest BCUT2D eigenvalue weighted by Gasteiger charge is -1.94. The monoisotopic (exact) mass is 292 g/mol. The summed E-state index contributed by atoms with van der Waals surface area (Å²) in [4.78, 5) is 9.17. The predicted molar refractivity (Wildman–Crippen MR) is 87.1 cm³/mol. The van der Waals surface area contributed by atoms with E-state index in [-0.39, 0.29) is 0 Å². The van der Waals surface area contributed by atoms with Crippen molar-refractivity contribution in [3.05, 3.63) is 48.3 Å². The normalized spacial score (nSPS) is 11.4. The highest BCUT2D eigenvalue weighted by Gasteiger charge is 2.10. The highest BCUT2D eigenvalue weighted by Crippen LogP contribution is 2.26. The first-order valence-electron chi connectivity index (χ1n) is 7.34. The molecule has 0 radical (unpaired) electrons. The van der Waals surface area contributed by atoms with Gasteiger partial charge in [-0.3, -0.25) is 0 Å². The Morgan fingerprint density at radius 3 is 2.95 bits per heavy atom. The third-order valence-corrected chi connectivity index (χ3v) is 3.69. The zero-order chi connectivity index (χ0) is 15.1. The fraction of sp³-hybridized carbons (Fsp3) is 0.176. The number of nitrogens with one attached hydrogen (secondary N) is 1. The number of benzene rings is 1. The van der Waals surface area contributed by atoms with Gasteiger partial charge in [0.25, 0.3) is 6.01 Å². The second kappa shape index (κ2) is 4.87. The van der Waals surface area contributed by atoms with Crippen molar-refractivity contribution in [2.45, 2.75) is 13.8 Å². The molecule has 0 spiro atoms. The molecule has 0 unspecified atom stereocenters. The molecular formula is C17H16N4O. The van der Waals surface area contributed by atoms with Crippen molar-refractivity contribution in [1.29, 1.82) is 0 Å². The fourth-order valence-electron chi connectivity index (χ4n) is 2.61. The number of rotatable bonds is 3. The van der Waals surface area contributed by atoms with Crippen LogP contribution in [0.1, 0.15) is 12.5 Å². The Bertz CT molecular complexity index is 967. The number of oxazole rings is 1. The number of imidazole rings is 1.